The van der Waals surface area contributed by atoms with E-state index in [1.54, 1.807) is 0 Å². The molecule has 6 heteroatoms. The Kier molecular flexibility index (Phi) is 5.75. The highest BCUT2D eigenvalue weighted by molar-refractivity contribution is 14.1. The number of carbonyl (C=O) groups is 1. The summed E-state index contributed by atoms with van der Waals surface area (Å²) < 4.78 is 0.570. The lowest BCUT2D eigenvalue weighted by Crippen LogP contribution is -2.28. The van der Waals surface area contributed by atoms with E-state index in [-0.39, 0.29) is 6.03 Å². The van der Waals surface area contributed by atoms with Crippen LogP contribution in [0.3, 0.4) is 0 Å². The van der Waals surface area contributed by atoms with Crippen LogP contribution in [-0.4, -0.2) is 20.5 Å². The first kappa shape index (κ1) is 13.4. The fraction of sp³-hybridized carbons (Fsp3) is 0.400. The molecule has 0 saturated carbocycles. The molecule has 1 aromatic rings. The second-order valence-corrected chi connectivity index (χ2v) is 4.64. The number of anilines is 1. The number of nitrogens with one attached hydrogen (secondary N) is 1. The van der Waals surface area contributed by atoms with Crippen molar-refractivity contribution >= 4 is 45.1 Å². The van der Waals surface area contributed by atoms with Gasteiger partial charge in [-0.3, -0.25) is 10.2 Å². The van der Waals surface area contributed by atoms with Gasteiger partial charge in [0.15, 0.2) is 5.13 Å². The van der Waals surface area contributed by atoms with Crippen LogP contribution in [0.1, 0.15) is 19.0 Å². The number of carbonyl (C=O) groups excluding carboxylic acids is 1. The fourth-order valence-corrected chi connectivity index (χ4v) is 2.41. The molecule has 0 radical (unpaired) electrons. The molecule has 0 aliphatic rings. The van der Waals surface area contributed by atoms with E-state index in [1.165, 1.54) is 22.4 Å². The fourth-order valence-electron chi connectivity index (χ4n) is 1.08. The zero-order valence-corrected chi connectivity index (χ0v) is 12.0. The first-order valence-corrected chi connectivity index (χ1v) is 7.32. The highest BCUT2D eigenvalue weighted by atomic mass is 127. The van der Waals surface area contributed by atoms with Crippen molar-refractivity contribution in [3.05, 3.63) is 23.9 Å². The van der Waals surface area contributed by atoms with E-state index in [9.17, 15) is 4.79 Å². The van der Waals surface area contributed by atoms with Crippen molar-refractivity contribution in [3.8, 4) is 0 Å². The van der Waals surface area contributed by atoms with E-state index in [0.29, 0.717) is 9.68 Å². The molecular weight excluding hydrogens is 337 g/mol. The van der Waals surface area contributed by atoms with Crippen LogP contribution in [-0.2, 0) is 6.42 Å². The average Bonchev–Trinajstić information content (AvgIpc) is 2.68. The summed E-state index contributed by atoms with van der Waals surface area (Å²) in [7, 11) is 0. The van der Waals surface area contributed by atoms with Gasteiger partial charge in [-0.2, -0.15) is 0 Å². The quantitative estimate of drug-likeness (QED) is 0.502. The smallest absolute Gasteiger partial charge is 0.292 e. The minimum Gasteiger partial charge on any atom is -0.292 e. The van der Waals surface area contributed by atoms with Crippen LogP contribution in [0.5, 0.6) is 0 Å². The molecule has 16 heavy (non-hydrogen) atoms. The molecule has 2 amide bonds. The minimum atomic E-state index is -0.193. The summed E-state index contributed by atoms with van der Waals surface area (Å²) in [6.45, 7) is 5.68. The Morgan fingerprint density at radius 1 is 1.81 bits per heavy atom. The van der Waals surface area contributed by atoms with Gasteiger partial charge >= 0.3 is 6.03 Å². The first-order chi connectivity index (χ1) is 7.71. The zero-order valence-electron chi connectivity index (χ0n) is 9.07. The van der Waals surface area contributed by atoms with Crippen LogP contribution >= 0.6 is 33.9 Å². The Labute approximate surface area is 113 Å². The van der Waals surface area contributed by atoms with Crippen molar-refractivity contribution < 1.29 is 4.79 Å². The number of hydrogen-bond donors (Lipinski definition) is 1. The topological polar surface area (TPSA) is 45.2 Å². The van der Waals surface area contributed by atoms with Crippen molar-refractivity contribution in [1.29, 1.82) is 0 Å². The third kappa shape index (κ3) is 3.75. The molecule has 0 atom stereocenters. The summed E-state index contributed by atoms with van der Waals surface area (Å²) in [5.74, 6) is 0. The molecule has 1 rings (SSSR count). The second kappa shape index (κ2) is 6.85. The Morgan fingerprint density at radius 3 is 3.12 bits per heavy atom. The average molecular weight is 351 g/mol. The van der Waals surface area contributed by atoms with Crippen LogP contribution in [0.15, 0.2) is 18.2 Å². The van der Waals surface area contributed by atoms with Gasteiger partial charge in [-0.15, -0.1) is 11.3 Å². The number of aromatic nitrogens is 1. The second-order valence-electron chi connectivity index (χ2n) is 3.10. The number of rotatable bonds is 5. The summed E-state index contributed by atoms with van der Waals surface area (Å²) in [4.78, 5) is 17.4. The van der Waals surface area contributed by atoms with Gasteiger partial charge in [-0.25, -0.2) is 9.78 Å². The van der Waals surface area contributed by atoms with Gasteiger partial charge in [0.25, 0.3) is 0 Å². The lowest BCUT2D eigenvalue weighted by molar-refractivity contribution is 0.234. The molecule has 0 unspecified atom stereocenters. The number of amides is 2. The van der Waals surface area contributed by atoms with Crippen LogP contribution in [0, 0.1) is 0 Å². The molecule has 0 fully saturated rings. The maximum absolute atomic E-state index is 11.6. The highest BCUT2D eigenvalue weighted by Gasteiger charge is 2.10. The van der Waals surface area contributed by atoms with E-state index < -0.39 is 0 Å². The summed E-state index contributed by atoms with van der Waals surface area (Å²) in [6.07, 6.45) is 3.51. The van der Waals surface area contributed by atoms with Crippen molar-refractivity contribution in [3.63, 3.8) is 0 Å². The van der Waals surface area contributed by atoms with E-state index in [1.807, 2.05) is 5.38 Å². The zero-order chi connectivity index (χ0) is 12.0. The molecule has 4 nitrogen and oxygen atoms in total. The van der Waals surface area contributed by atoms with E-state index in [0.717, 1.165) is 18.5 Å². The monoisotopic (exact) mass is 351 g/mol. The van der Waals surface area contributed by atoms with Gasteiger partial charge in [-0.1, -0.05) is 42.5 Å². The van der Waals surface area contributed by atoms with Gasteiger partial charge in [0.2, 0.25) is 0 Å². The third-order valence-corrected chi connectivity index (χ3v) is 3.42. The van der Waals surface area contributed by atoms with Crippen LogP contribution in [0.25, 0.3) is 0 Å². The number of nitrogens with zero attached hydrogens (tertiary/aromatic N) is 2. The predicted octanol–water partition coefficient (Wildman–Crippen LogP) is 3.47. The van der Waals surface area contributed by atoms with Crippen molar-refractivity contribution in [2.24, 2.45) is 0 Å². The van der Waals surface area contributed by atoms with Crippen LogP contribution < -0.4 is 5.32 Å². The molecule has 0 saturated heterocycles. The summed E-state index contributed by atoms with van der Waals surface area (Å²) >= 11 is 3.55. The number of aryl methyl sites for hydroxylation is 1. The first-order valence-electron chi connectivity index (χ1n) is 4.91. The summed E-state index contributed by atoms with van der Waals surface area (Å²) in [5, 5.41) is 5.36. The maximum atomic E-state index is 11.6. The van der Waals surface area contributed by atoms with Gasteiger partial charge in [0, 0.05) is 11.6 Å². The van der Waals surface area contributed by atoms with Gasteiger partial charge in [0.1, 0.15) is 0 Å². The van der Waals surface area contributed by atoms with E-state index in [2.05, 4.69) is 46.4 Å². The largest absolute Gasteiger partial charge is 0.328 e. The molecule has 0 aromatic carbocycles. The lowest BCUT2D eigenvalue weighted by atomic mass is 10.3. The van der Waals surface area contributed by atoms with Crippen LogP contribution in [0.4, 0.5) is 9.93 Å². The Bertz CT molecular complexity index is 367. The van der Waals surface area contributed by atoms with E-state index in [4.69, 9.17) is 0 Å². The highest BCUT2D eigenvalue weighted by Crippen LogP contribution is 2.17. The lowest BCUT2D eigenvalue weighted by Gasteiger charge is -2.13. The van der Waals surface area contributed by atoms with Gasteiger partial charge < -0.3 is 0 Å². The van der Waals surface area contributed by atoms with Crippen molar-refractivity contribution in [1.82, 2.24) is 9.88 Å². The molecule has 0 bridgehead atoms. The Balaban J connectivity index is 2.58. The number of halogens is 1. The predicted molar refractivity (Wildman–Crippen MR) is 76.1 cm³/mol. The standard InChI is InChI=1S/C10H14IN3OS/c1-3-5-8-6-16-9(12-8)13-10(15)14(4-2)7-11/h4,6H,2-3,5,7H2,1H3,(H,12,13,15). The molecule has 0 spiro atoms. The third-order valence-electron chi connectivity index (χ3n) is 1.88. The molecule has 0 aliphatic carbocycles. The number of urea groups is 1. The van der Waals surface area contributed by atoms with Crippen LogP contribution in [0.2, 0.25) is 0 Å². The van der Waals surface area contributed by atoms with Gasteiger partial charge in [-0.05, 0) is 6.42 Å². The molecule has 1 heterocycles. The molecular formula is C10H14IN3OS. The molecule has 88 valence electrons. The number of hydrogen-bond acceptors (Lipinski definition) is 3. The summed E-state index contributed by atoms with van der Waals surface area (Å²) in [6, 6.07) is -0.193. The maximum Gasteiger partial charge on any atom is 0.328 e. The number of alkyl halides is 1. The molecule has 1 N–H and O–H groups in total. The Hall–Kier alpha value is -0.630. The minimum absolute atomic E-state index is 0.193. The Morgan fingerprint density at radius 2 is 2.56 bits per heavy atom. The van der Waals surface area contributed by atoms with Crippen molar-refractivity contribution in [2.45, 2.75) is 19.8 Å². The SMILES string of the molecule is C=CN(CI)C(=O)Nc1nc(CCC)cs1. The molecule has 0 aliphatic heterocycles. The van der Waals surface area contributed by atoms with Crippen molar-refractivity contribution in [2.75, 3.05) is 9.87 Å². The normalized spacial score (nSPS) is 9.88. The van der Waals surface area contributed by atoms with Gasteiger partial charge in [0.05, 0.1) is 10.2 Å². The molecule has 1 aromatic heterocycles. The number of thiazole rings is 1. The van der Waals surface area contributed by atoms with E-state index >= 15 is 0 Å². The summed E-state index contributed by atoms with van der Waals surface area (Å²) in [5.41, 5.74) is 1.03.